The number of ether oxygens (including phenoxy) is 1. The summed E-state index contributed by atoms with van der Waals surface area (Å²) in [7, 11) is 0. The van der Waals surface area contributed by atoms with Crippen molar-refractivity contribution in [3.8, 4) is 5.75 Å². The smallest absolute Gasteiger partial charge is 0.295 e. The van der Waals surface area contributed by atoms with Gasteiger partial charge in [-0.15, -0.1) is 0 Å². The van der Waals surface area contributed by atoms with Crippen LogP contribution in [0.3, 0.4) is 0 Å². The van der Waals surface area contributed by atoms with E-state index >= 15 is 0 Å². The molecule has 7 heteroatoms. The second-order valence-corrected chi connectivity index (χ2v) is 8.73. The summed E-state index contributed by atoms with van der Waals surface area (Å²) in [6, 6.07) is 13.3. The molecule has 6 nitrogen and oxygen atoms in total. The van der Waals surface area contributed by atoms with Crippen molar-refractivity contribution in [2.75, 3.05) is 32.8 Å². The highest BCUT2D eigenvalue weighted by Gasteiger charge is 2.45. The van der Waals surface area contributed by atoms with Gasteiger partial charge in [0.15, 0.2) is 0 Å². The molecule has 0 unspecified atom stereocenters. The highest BCUT2D eigenvalue weighted by Crippen LogP contribution is 2.40. The Morgan fingerprint density at radius 1 is 1.03 bits per heavy atom. The number of rotatable bonds is 11. The molecule has 1 amide bonds. The predicted octanol–water partition coefficient (Wildman–Crippen LogP) is 5.28. The molecule has 182 valence electrons. The van der Waals surface area contributed by atoms with Crippen molar-refractivity contribution in [2.45, 2.75) is 39.7 Å². The molecular weight excluding hydrogens is 452 g/mol. The van der Waals surface area contributed by atoms with Gasteiger partial charge in [0.05, 0.1) is 18.2 Å². The molecule has 1 aliphatic rings. The monoisotopic (exact) mass is 484 g/mol. The van der Waals surface area contributed by atoms with Gasteiger partial charge in [-0.05, 0) is 74.4 Å². The molecule has 1 aliphatic heterocycles. The molecule has 34 heavy (non-hydrogen) atoms. The number of carbonyl (C=O) groups is 2. The number of benzene rings is 2. The second-order valence-electron chi connectivity index (χ2n) is 8.30. The minimum Gasteiger partial charge on any atom is -0.507 e. The van der Waals surface area contributed by atoms with Crippen LogP contribution in [0.15, 0.2) is 54.1 Å². The summed E-state index contributed by atoms with van der Waals surface area (Å²) in [6.45, 7) is 9.94. The first-order valence-electron chi connectivity index (χ1n) is 11.9. The summed E-state index contributed by atoms with van der Waals surface area (Å²) >= 11 is 5.99. The van der Waals surface area contributed by atoms with Gasteiger partial charge < -0.3 is 19.6 Å². The number of hydrogen-bond acceptors (Lipinski definition) is 5. The van der Waals surface area contributed by atoms with Gasteiger partial charge in [0.1, 0.15) is 11.5 Å². The van der Waals surface area contributed by atoms with Crippen molar-refractivity contribution in [1.82, 2.24) is 9.80 Å². The average molecular weight is 485 g/mol. The maximum Gasteiger partial charge on any atom is 0.295 e. The van der Waals surface area contributed by atoms with Crippen LogP contribution in [0.2, 0.25) is 5.02 Å². The number of amides is 1. The fourth-order valence-electron chi connectivity index (χ4n) is 4.19. The molecular formula is C27H33ClN2O4. The van der Waals surface area contributed by atoms with E-state index in [0.717, 1.165) is 43.8 Å². The van der Waals surface area contributed by atoms with Crippen LogP contribution in [-0.2, 0) is 9.59 Å². The molecule has 3 rings (SSSR count). The van der Waals surface area contributed by atoms with E-state index < -0.39 is 17.7 Å². The lowest BCUT2D eigenvalue weighted by atomic mass is 9.95. The largest absolute Gasteiger partial charge is 0.507 e. The number of Topliss-reactive ketones (excluding diaryl/α,β-unsaturated/α-hetero) is 1. The minimum atomic E-state index is -0.674. The van der Waals surface area contributed by atoms with Gasteiger partial charge in [-0.1, -0.05) is 44.5 Å². The molecule has 1 fully saturated rings. The van der Waals surface area contributed by atoms with Crippen LogP contribution in [0.5, 0.6) is 5.75 Å². The van der Waals surface area contributed by atoms with Crippen molar-refractivity contribution in [3.05, 3.63) is 70.3 Å². The number of likely N-dealkylation sites (tertiary alicyclic amines) is 1. The zero-order valence-corrected chi connectivity index (χ0v) is 20.8. The van der Waals surface area contributed by atoms with Gasteiger partial charge in [0.2, 0.25) is 0 Å². The highest BCUT2D eigenvalue weighted by molar-refractivity contribution is 6.46. The number of halogens is 1. The molecule has 1 saturated heterocycles. The topological polar surface area (TPSA) is 70.1 Å². The van der Waals surface area contributed by atoms with Crippen molar-refractivity contribution < 1.29 is 19.4 Å². The Hall–Kier alpha value is -2.83. The van der Waals surface area contributed by atoms with Crippen LogP contribution in [0.25, 0.3) is 5.76 Å². The van der Waals surface area contributed by atoms with Crippen LogP contribution < -0.4 is 4.74 Å². The highest BCUT2D eigenvalue weighted by atomic mass is 35.5. The standard InChI is InChI=1S/C27H33ClN2O4/c1-4-18-34-22-14-10-19(11-15-22)24-23(25(31)20-8-12-21(28)13-9-20)26(32)27(33)30(24)17-7-16-29(5-2)6-3/h8-15,24,31H,4-7,16-18H2,1-3H3/t24-/m0/s1. The molecule has 0 spiro atoms. The van der Waals surface area contributed by atoms with Gasteiger partial charge in [0.25, 0.3) is 11.7 Å². The van der Waals surface area contributed by atoms with E-state index in [9.17, 15) is 14.7 Å². The Balaban J connectivity index is 1.99. The molecule has 1 atom stereocenters. The lowest BCUT2D eigenvalue weighted by Gasteiger charge is -2.27. The summed E-state index contributed by atoms with van der Waals surface area (Å²) < 4.78 is 5.69. The third kappa shape index (κ3) is 5.80. The molecule has 0 bridgehead atoms. The first kappa shape index (κ1) is 25.8. The van der Waals surface area contributed by atoms with E-state index in [2.05, 4.69) is 18.7 Å². The molecule has 1 heterocycles. The van der Waals surface area contributed by atoms with Crippen LogP contribution in [0.4, 0.5) is 0 Å². The van der Waals surface area contributed by atoms with Crippen LogP contribution >= 0.6 is 11.6 Å². The van der Waals surface area contributed by atoms with E-state index in [1.165, 1.54) is 0 Å². The van der Waals surface area contributed by atoms with E-state index in [1.807, 2.05) is 31.2 Å². The number of hydrogen-bond donors (Lipinski definition) is 1. The van der Waals surface area contributed by atoms with E-state index in [0.29, 0.717) is 23.7 Å². The first-order valence-corrected chi connectivity index (χ1v) is 12.3. The first-order chi connectivity index (χ1) is 16.4. The van der Waals surface area contributed by atoms with Crippen LogP contribution in [0.1, 0.15) is 50.8 Å². The molecule has 0 radical (unpaired) electrons. The van der Waals surface area contributed by atoms with Crippen molar-refractivity contribution in [3.63, 3.8) is 0 Å². The summed E-state index contributed by atoms with van der Waals surface area (Å²) in [5, 5.41) is 11.6. The SMILES string of the molecule is CCCOc1ccc([C@H]2C(=C(O)c3ccc(Cl)cc3)C(=O)C(=O)N2CCCN(CC)CC)cc1. The molecule has 2 aromatic rings. The quantitative estimate of drug-likeness (QED) is 0.267. The Kier molecular flexibility index (Phi) is 9.13. The zero-order chi connectivity index (χ0) is 24.7. The molecule has 0 aromatic heterocycles. The van der Waals surface area contributed by atoms with Gasteiger partial charge in [-0.3, -0.25) is 9.59 Å². The van der Waals surface area contributed by atoms with Crippen LogP contribution in [-0.4, -0.2) is 59.4 Å². The normalized spacial score (nSPS) is 17.6. The minimum absolute atomic E-state index is 0.0948. The number of aliphatic hydroxyl groups is 1. The number of aliphatic hydroxyl groups excluding tert-OH is 1. The Labute approximate surface area is 206 Å². The third-order valence-corrected chi connectivity index (χ3v) is 6.35. The van der Waals surface area contributed by atoms with Gasteiger partial charge in [0, 0.05) is 17.1 Å². The average Bonchev–Trinajstić information content (AvgIpc) is 3.10. The van der Waals surface area contributed by atoms with Gasteiger partial charge in [-0.2, -0.15) is 0 Å². The summed E-state index contributed by atoms with van der Waals surface area (Å²) in [5.74, 6) is -0.739. The number of nitrogens with zero attached hydrogens (tertiary/aromatic N) is 2. The fourth-order valence-corrected chi connectivity index (χ4v) is 4.32. The number of carbonyl (C=O) groups excluding carboxylic acids is 2. The molecule has 0 aliphatic carbocycles. The van der Waals surface area contributed by atoms with Gasteiger partial charge in [-0.25, -0.2) is 0 Å². The van der Waals surface area contributed by atoms with Crippen molar-refractivity contribution in [1.29, 1.82) is 0 Å². The Bertz CT molecular complexity index is 1010. The number of ketones is 1. The third-order valence-electron chi connectivity index (χ3n) is 6.09. The summed E-state index contributed by atoms with van der Waals surface area (Å²) in [5.41, 5.74) is 1.29. The summed E-state index contributed by atoms with van der Waals surface area (Å²) in [6.07, 6.45) is 1.62. The molecule has 1 N–H and O–H groups in total. The van der Waals surface area contributed by atoms with Crippen molar-refractivity contribution >= 4 is 29.1 Å². The fraction of sp³-hybridized carbons (Fsp3) is 0.407. The van der Waals surface area contributed by atoms with Crippen LogP contribution in [0, 0.1) is 0 Å². The zero-order valence-electron chi connectivity index (χ0n) is 20.1. The Morgan fingerprint density at radius 3 is 2.26 bits per heavy atom. The van der Waals surface area contributed by atoms with E-state index in [4.69, 9.17) is 16.3 Å². The molecule has 0 saturated carbocycles. The predicted molar refractivity (Wildman–Crippen MR) is 135 cm³/mol. The Morgan fingerprint density at radius 2 is 1.68 bits per heavy atom. The van der Waals surface area contributed by atoms with Crippen molar-refractivity contribution in [2.24, 2.45) is 0 Å². The maximum absolute atomic E-state index is 13.1. The second kappa shape index (κ2) is 12.0. The van der Waals surface area contributed by atoms with Gasteiger partial charge >= 0.3 is 0 Å². The molecule has 2 aromatic carbocycles. The van der Waals surface area contributed by atoms with E-state index in [1.54, 1.807) is 29.2 Å². The van der Waals surface area contributed by atoms with E-state index in [-0.39, 0.29) is 11.3 Å². The summed E-state index contributed by atoms with van der Waals surface area (Å²) in [4.78, 5) is 30.1. The lowest BCUT2D eigenvalue weighted by Crippen LogP contribution is -2.33. The lowest BCUT2D eigenvalue weighted by molar-refractivity contribution is -0.140. The maximum atomic E-state index is 13.1.